The van der Waals surface area contributed by atoms with Gasteiger partial charge in [-0.05, 0) is 69.2 Å². The second kappa shape index (κ2) is 12.6. The summed E-state index contributed by atoms with van der Waals surface area (Å²) < 4.78 is 41.5. The Balaban J connectivity index is 1.51. The van der Waals surface area contributed by atoms with Gasteiger partial charge in [-0.25, -0.2) is 13.6 Å². The molecule has 0 spiro atoms. The molecule has 1 amide bonds. The molecule has 2 aromatic heterocycles. The second-order valence-electron chi connectivity index (χ2n) is 11.3. The van der Waals surface area contributed by atoms with Crippen LogP contribution in [0.3, 0.4) is 0 Å². The van der Waals surface area contributed by atoms with E-state index >= 15 is 4.39 Å². The maximum absolute atomic E-state index is 16.0. The smallest absolute Gasteiger partial charge is 0.407 e. The molecule has 44 heavy (non-hydrogen) atoms. The van der Waals surface area contributed by atoms with E-state index < -0.39 is 23.3 Å². The monoisotopic (exact) mass is 598 g/mol. The van der Waals surface area contributed by atoms with Crippen molar-refractivity contribution in [1.82, 2.24) is 15.3 Å². The van der Waals surface area contributed by atoms with Crippen LogP contribution in [-0.2, 0) is 4.74 Å². The van der Waals surface area contributed by atoms with Crippen LogP contribution in [0.25, 0.3) is 22.4 Å². The van der Waals surface area contributed by atoms with E-state index in [1.807, 2.05) is 12.1 Å². The average molecular weight is 599 g/mol. The van der Waals surface area contributed by atoms with Crippen LogP contribution in [0.1, 0.15) is 32.8 Å². The first-order chi connectivity index (χ1) is 21.1. The van der Waals surface area contributed by atoms with Crippen molar-refractivity contribution in [2.75, 3.05) is 30.4 Å². The molecule has 0 bridgehead atoms. The van der Waals surface area contributed by atoms with Gasteiger partial charge >= 0.3 is 6.09 Å². The lowest BCUT2D eigenvalue weighted by molar-refractivity contribution is 0.0509. The highest BCUT2D eigenvalue weighted by Gasteiger charge is 2.28. The molecule has 1 unspecified atom stereocenters. The van der Waals surface area contributed by atoms with E-state index in [0.717, 1.165) is 5.56 Å². The molecule has 9 nitrogen and oxygen atoms in total. The lowest BCUT2D eigenvalue weighted by Gasteiger charge is -2.25. The van der Waals surface area contributed by atoms with Gasteiger partial charge in [0.05, 0.1) is 47.4 Å². The number of halogens is 2. The highest BCUT2D eigenvalue weighted by Crippen LogP contribution is 2.39. The van der Waals surface area contributed by atoms with Crippen LogP contribution in [0.2, 0.25) is 0 Å². The molecular formula is C33H32F2N6O3. The van der Waals surface area contributed by atoms with Crippen molar-refractivity contribution in [1.29, 1.82) is 5.26 Å². The van der Waals surface area contributed by atoms with Gasteiger partial charge in [-0.15, -0.1) is 0 Å². The molecule has 226 valence electrons. The summed E-state index contributed by atoms with van der Waals surface area (Å²) in [6, 6.07) is 14.9. The van der Waals surface area contributed by atoms with E-state index in [4.69, 9.17) is 9.47 Å². The molecule has 1 aliphatic heterocycles. The fourth-order valence-corrected chi connectivity index (χ4v) is 5.12. The summed E-state index contributed by atoms with van der Waals surface area (Å²) in [5.74, 6) is -1.26. The third-order valence-corrected chi connectivity index (χ3v) is 7.09. The Morgan fingerprint density at radius 2 is 1.93 bits per heavy atom. The van der Waals surface area contributed by atoms with Gasteiger partial charge in [0, 0.05) is 37.2 Å². The Hall–Kier alpha value is -5.24. The van der Waals surface area contributed by atoms with E-state index in [1.165, 1.54) is 31.5 Å². The Morgan fingerprint density at radius 3 is 2.68 bits per heavy atom. The zero-order valence-electron chi connectivity index (χ0n) is 24.8. The maximum Gasteiger partial charge on any atom is 0.407 e. The Labute approximate surface area is 254 Å². The quantitative estimate of drug-likeness (QED) is 0.239. The largest absolute Gasteiger partial charge is 0.496 e. The highest BCUT2D eigenvalue weighted by atomic mass is 19.1. The Morgan fingerprint density at radius 1 is 1.11 bits per heavy atom. The molecule has 5 rings (SSSR count). The molecule has 4 aromatic rings. The van der Waals surface area contributed by atoms with Gasteiger partial charge in [0.2, 0.25) is 0 Å². The van der Waals surface area contributed by atoms with E-state index in [-0.39, 0.29) is 28.7 Å². The maximum atomic E-state index is 16.0. The third kappa shape index (κ3) is 6.54. The Kier molecular flexibility index (Phi) is 8.62. The van der Waals surface area contributed by atoms with E-state index in [2.05, 4.69) is 31.6 Å². The first-order valence-corrected chi connectivity index (χ1v) is 14.1. The van der Waals surface area contributed by atoms with Gasteiger partial charge < -0.3 is 25.0 Å². The minimum atomic E-state index is -0.754. The standard InChI is InChI=1S/C33H32F2N6O3/c1-33(2,3)44-32(42)39-22-12-15-41(19-22)27-16-20(23-18-37-13-10-21(23)17-36)8-9-25(27)40-26-11-14-38-31(30(26)35)29-24(34)6-5-7-28(29)43-4/h5-11,13-14,16,18,22H,12,15,19H2,1-4H3,(H,38,40)(H,39,42). The van der Waals surface area contributed by atoms with Crippen LogP contribution in [0.5, 0.6) is 5.75 Å². The number of benzene rings is 2. The van der Waals surface area contributed by atoms with Crippen molar-refractivity contribution in [2.24, 2.45) is 0 Å². The minimum Gasteiger partial charge on any atom is -0.496 e. The molecule has 3 heterocycles. The Bertz CT molecular complexity index is 1730. The number of carbonyl (C=O) groups excluding carboxylic acids is 1. The normalized spacial score (nSPS) is 14.6. The molecule has 0 aliphatic carbocycles. The highest BCUT2D eigenvalue weighted by molar-refractivity contribution is 5.84. The van der Waals surface area contributed by atoms with Crippen molar-refractivity contribution < 1.29 is 23.0 Å². The van der Waals surface area contributed by atoms with E-state index in [0.29, 0.717) is 42.0 Å². The topological polar surface area (TPSA) is 112 Å². The number of amides is 1. The number of alkyl carbamates (subject to hydrolysis) is 1. The number of ether oxygens (including phenoxy) is 2. The third-order valence-electron chi connectivity index (χ3n) is 7.09. The summed E-state index contributed by atoms with van der Waals surface area (Å²) in [5, 5.41) is 15.8. The summed E-state index contributed by atoms with van der Waals surface area (Å²) in [4.78, 5) is 22.8. The van der Waals surface area contributed by atoms with Crippen LogP contribution in [0.15, 0.2) is 67.1 Å². The molecule has 0 radical (unpaired) electrons. The molecule has 11 heteroatoms. The molecule has 1 fully saturated rings. The van der Waals surface area contributed by atoms with Crippen LogP contribution in [-0.4, -0.2) is 47.9 Å². The van der Waals surface area contributed by atoms with Crippen LogP contribution in [0.4, 0.5) is 30.6 Å². The number of nitrogens with zero attached hydrogens (tertiary/aromatic N) is 4. The molecule has 2 N–H and O–H groups in total. The molecule has 1 aliphatic rings. The lowest BCUT2D eigenvalue weighted by Crippen LogP contribution is -2.40. The molecule has 1 atom stereocenters. The summed E-state index contributed by atoms with van der Waals surface area (Å²) in [7, 11) is 1.38. The molecule has 0 saturated carbocycles. The summed E-state index contributed by atoms with van der Waals surface area (Å²) >= 11 is 0. The first-order valence-electron chi connectivity index (χ1n) is 14.1. The van der Waals surface area contributed by atoms with Crippen molar-refractivity contribution in [2.45, 2.75) is 38.8 Å². The number of aromatic nitrogens is 2. The van der Waals surface area contributed by atoms with Gasteiger partial charge in [0.25, 0.3) is 0 Å². The fraction of sp³-hybridized carbons (Fsp3) is 0.273. The number of anilines is 3. The van der Waals surface area contributed by atoms with Crippen molar-refractivity contribution >= 4 is 23.2 Å². The van der Waals surface area contributed by atoms with E-state index in [1.54, 1.807) is 51.4 Å². The zero-order valence-corrected chi connectivity index (χ0v) is 24.8. The van der Waals surface area contributed by atoms with Gasteiger partial charge in [0.1, 0.15) is 22.9 Å². The number of hydrogen-bond acceptors (Lipinski definition) is 8. The number of nitrogens with one attached hydrogen (secondary N) is 2. The van der Waals surface area contributed by atoms with Gasteiger partial charge in [-0.1, -0.05) is 12.1 Å². The predicted octanol–water partition coefficient (Wildman–Crippen LogP) is 6.82. The SMILES string of the molecule is COc1cccc(F)c1-c1nccc(Nc2ccc(-c3cnccc3C#N)cc2N2CCC(NC(=O)OC(C)(C)C)C2)c1F. The number of carbonyl (C=O) groups is 1. The second-order valence-corrected chi connectivity index (χ2v) is 11.3. The van der Waals surface area contributed by atoms with Crippen LogP contribution >= 0.6 is 0 Å². The van der Waals surface area contributed by atoms with Gasteiger partial charge in [0.15, 0.2) is 5.82 Å². The summed E-state index contributed by atoms with van der Waals surface area (Å²) in [6.45, 7) is 6.46. The van der Waals surface area contributed by atoms with Gasteiger partial charge in [-0.3, -0.25) is 9.97 Å². The number of hydrogen-bond donors (Lipinski definition) is 2. The number of rotatable bonds is 7. The first kappa shape index (κ1) is 30.2. The number of nitriles is 1. The van der Waals surface area contributed by atoms with Gasteiger partial charge in [-0.2, -0.15) is 5.26 Å². The summed E-state index contributed by atoms with van der Waals surface area (Å²) in [5.41, 5.74) is 2.30. The van der Waals surface area contributed by atoms with E-state index in [9.17, 15) is 14.4 Å². The average Bonchev–Trinajstić information content (AvgIpc) is 3.45. The summed E-state index contributed by atoms with van der Waals surface area (Å²) in [6.07, 6.45) is 4.73. The zero-order chi connectivity index (χ0) is 31.4. The minimum absolute atomic E-state index is 0.0797. The van der Waals surface area contributed by atoms with Crippen molar-refractivity contribution in [3.8, 4) is 34.2 Å². The fourth-order valence-electron chi connectivity index (χ4n) is 5.12. The number of pyridine rings is 2. The molecule has 2 aromatic carbocycles. The number of methoxy groups -OCH3 is 1. The van der Waals surface area contributed by atoms with Crippen molar-refractivity contribution in [3.05, 3.63) is 84.3 Å². The molecule has 1 saturated heterocycles. The van der Waals surface area contributed by atoms with Crippen molar-refractivity contribution in [3.63, 3.8) is 0 Å². The van der Waals surface area contributed by atoms with Crippen LogP contribution < -0.4 is 20.3 Å². The van der Waals surface area contributed by atoms with Crippen LogP contribution in [0, 0.1) is 23.0 Å². The molecular weight excluding hydrogens is 566 g/mol. The lowest BCUT2D eigenvalue weighted by atomic mass is 10.0. The predicted molar refractivity (Wildman–Crippen MR) is 164 cm³/mol.